The van der Waals surface area contributed by atoms with E-state index < -0.39 is 5.60 Å². The summed E-state index contributed by atoms with van der Waals surface area (Å²) in [6.07, 6.45) is 5.31. The third kappa shape index (κ3) is 5.54. The maximum absolute atomic E-state index is 12.3. The topological polar surface area (TPSA) is 84.8 Å². The van der Waals surface area contributed by atoms with Crippen LogP contribution in [0, 0.1) is 5.92 Å². The molecular weight excluding hydrogens is 513 g/mol. The molecule has 0 unspecified atom stereocenters. The lowest BCUT2D eigenvalue weighted by Crippen LogP contribution is -2.47. The summed E-state index contributed by atoms with van der Waals surface area (Å²) >= 11 is 13.2. The number of benzene rings is 2. The Morgan fingerprint density at radius 2 is 1.89 bits per heavy atom. The highest BCUT2D eigenvalue weighted by molar-refractivity contribution is 6.41. The van der Waals surface area contributed by atoms with E-state index in [-0.39, 0.29) is 17.9 Å². The SMILES string of the molecule is C=CC(=O)N1C[C@@H](CCc2ncc3cc(-c4c(Cl)c(OC)cc(OC)c4Cl)ccc3n2)C[C@H]1C(C)(C)O. The van der Waals surface area contributed by atoms with E-state index in [4.69, 9.17) is 37.7 Å². The van der Waals surface area contributed by atoms with Gasteiger partial charge in [0.25, 0.3) is 0 Å². The summed E-state index contributed by atoms with van der Waals surface area (Å²) in [5.74, 6) is 1.76. The molecule has 0 saturated carbocycles. The molecule has 1 aromatic heterocycles. The largest absolute Gasteiger partial charge is 0.495 e. The number of rotatable bonds is 8. The Morgan fingerprint density at radius 3 is 2.49 bits per heavy atom. The Labute approximate surface area is 227 Å². The number of hydrogen-bond donors (Lipinski definition) is 1. The van der Waals surface area contributed by atoms with Crippen LogP contribution < -0.4 is 9.47 Å². The number of carbonyl (C=O) groups excluding carboxylic acids is 1. The van der Waals surface area contributed by atoms with E-state index in [1.54, 1.807) is 45.2 Å². The van der Waals surface area contributed by atoms with Gasteiger partial charge in [-0.2, -0.15) is 0 Å². The predicted molar refractivity (Wildman–Crippen MR) is 147 cm³/mol. The van der Waals surface area contributed by atoms with Crippen molar-refractivity contribution >= 4 is 40.0 Å². The third-order valence-electron chi connectivity index (χ3n) is 6.93. The molecule has 1 amide bonds. The van der Waals surface area contributed by atoms with Crippen molar-refractivity contribution in [3.8, 4) is 22.6 Å². The summed E-state index contributed by atoms with van der Waals surface area (Å²) in [5, 5.41) is 12.2. The van der Waals surface area contributed by atoms with Gasteiger partial charge in [-0.3, -0.25) is 4.79 Å². The lowest BCUT2D eigenvalue weighted by molar-refractivity contribution is -0.131. The fourth-order valence-electron chi connectivity index (χ4n) is 4.98. The Kier molecular flexibility index (Phi) is 7.97. The molecule has 1 saturated heterocycles. The summed E-state index contributed by atoms with van der Waals surface area (Å²) in [6.45, 7) is 7.67. The molecule has 2 atom stereocenters. The number of hydrogen-bond acceptors (Lipinski definition) is 6. The first-order chi connectivity index (χ1) is 17.6. The summed E-state index contributed by atoms with van der Waals surface area (Å²) < 4.78 is 10.8. The van der Waals surface area contributed by atoms with Crippen LogP contribution in [-0.4, -0.2) is 58.3 Å². The molecule has 4 rings (SSSR count). The Hall–Kier alpha value is -2.87. The Bertz CT molecular complexity index is 1310. The van der Waals surface area contributed by atoms with E-state index in [9.17, 15) is 9.90 Å². The molecule has 1 fully saturated rings. The van der Waals surface area contributed by atoms with Gasteiger partial charge in [0.15, 0.2) is 0 Å². The van der Waals surface area contributed by atoms with Crippen molar-refractivity contribution in [2.75, 3.05) is 20.8 Å². The fourth-order valence-corrected chi connectivity index (χ4v) is 5.70. The quantitative estimate of drug-likeness (QED) is 0.365. The Balaban J connectivity index is 1.54. The lowest BCUT2D eigenvalue weighted by atomic mass is 9.91. The number of aliphatic hydroxyl groups is 1. The van der Waals surface area contributed by atoms with Crippen molar-refractivity contribution in [1.29, 1.82) is 0 Å². The molecule has 2 heterocycles. The molecule has 1 aliphatic rings. The molecule has 7 nitrogen and oxygen atoms in total. The van der Waals surface area contributed by atoms with Crippen LogP contribution in [0.3, 0.4) is 0 Å². The molecule has 1 aliphatic heterocycles. The number of carbonyl (C=O) groups is 1. The second-order valence-electron chi connectivity index (χ2n) is 9.85. The van der Waals surface area contributed by atoms with Crippen molar-refractivity contribution in [2.45, 2.75) is 44.8 Å². The fraction of sp³-hybridized carbons (Fsp3) is 0.393. The summed E-state index contributed by atoms with van der Waals surface area (Å²) in [4.78, 5) is 23.4. The van der Waals surface area contributed by atoms with E-state index in [1.807, 2.05) is 18.2 Å². The average molecular weight is 544 g/mol. The second kappa shape index (κ2) is 10.9. The first kappa shape index (κ1) is 27.2. The smallest absolute Gasteiger partial charge is 0.246 e. The number of nitrogens with zero attached hydrogens (tertiary/aromatic N) is 3. The number of fused-ring (bicyclic) bond motifs is 1. The average Bonchev–Trinajstić information content (AvgIpc) is 3.32. The van der Waals surface area contributed by atoms with Crippen molar-refractivity contribution in [3.63, 3.8) is 0 Å². The number of halogens is 2. The van der Waals surface area contributed by atoms with Gasteiger partial charge >= 0.3 is 0 Å². The number of ether oxygens (including phenoxy) is 2. The summed E-state index contributed by atoms with van der Waals surface area (Å²) in [5.41, 5.74) is 1.24. The van der Waals surface area contributed by atoms with Crippen LogP contribution in [-0.2, 0) is 11.2 Å². The molecule has 0 spiro atoms. The van der Waals surface area contributed by atoms with E-state index in [2.05, 4.69) is 11.6 Å². The zero-order valence-corrected chi connectivity index (χ0v) is 22.9. The molecule has 3 aromatic rings. The minimum absolute atomic E-state index is 0.152. The standard InChI is InChI=1S/C28H31Cl2N3O4/c1-6-24(34)33-15-16(11-22(33)28(2,3)35)7-10-23-31-14-18-12-17(8-9-19(18)32-23)25-26(29)20(36-4)13-21(37-5)27(25)30/h6,8-9,12-14,16,22,35H,1,7,10-11,15H2,2-5H3/t16-,22-/m0/s1. The number of aryl methyl sites for hydroxylation is 1. The van der Waals surface area contributed by atoms with Gasteiger partial charge < -0.3 is 19.5 Å². The lowest BCUT2D eigenvalue weighted by Gasteiger charge is -2.33. The molecular formula is C28H31Cl2N3O4. The van der Waals surface area contributed by atoms with E-state index in [0.717, 1.165) is 35.1 Å². The van der Waals surface area contributed by atoms with Gasteiger partial charge in [-0.15, -0.1) is 0 Å². The highest BCUT2D eigenvalue weighted by Crippen LogP contribution is 2.46. The van der Waals surface area contributed by atoms with Crippen molar-refractivity contribution < 1.29 is 19.4 Å². The zero-order chi connectivity index (χ0) is 26.9. The molecule has 196 valence electrons. The van der Waals surface area contributed by atoms with Crippen LogP contribution in [0.5, 0.6) is 11.5 Å². The van der Waals surface area contributed by atoms with Crippen LogP contribution in [0.2, 0.25) is 10.0 Å². The van der Waals surface area contributed by atoms with Gasteiger partial charge in [-0.05, 0) is 56.4 Å². The number of amides is 1. The third-order valence-corrected chi connectivity index (χ3v) is 7.68. The maximum Gasteiger partial charge on any atom is 0.246 e. The van der Waals surface area contributed by atoms with Gasteiger partial charge in [0, 0.05) is 36.2 Å². The van der Waals surface area contributed by atoms with Crippen molar-refractivity contribution in [2.24, 2.45) is 5.92 Å². The van der Waals surface area contributed by atoms with Crippen molar-refractivity contribution in [1.82, 2.24) is 14.9 Å². The van der Waals surface area contributed by atoms with Crippen LogP contribution in [0.1, 0.15) is 32.5 Å². The highest BCUT2D eigenvalue weighted by atomic mass is 35.5. The molecule has 0 aliphatic carbocycles. The molecule has 2 aromatic carbocycles. The molecule has 0 radical (unpaired) electrons. The zero-order valence-electron chi connectivity index (χ0n) is 21.4. The van der Waals surface area contributed by atoms with Gasteiger partial charge in [-0.25, -0.2) is 9.97 Å². The number of likely N-dealkylation sites (tertiary alicyclic amines) is 1. The normalized spacial score (nSPS) is 17.8. The van der Waals surface area contributed by atoms with Gasteiger partial charge in [0.2, 0.25) is 5.91 Å². The maximum atomic E-state index is 12.3. The summed E-state index contributed by atoms with van der Waals surface area (Å²) in [7, 11) is 3.08. The van der Waals surface area contributed by atoms with E-state index in [0.29, 0.717) is 40.1 Å². The van der Waals surface area contributed by atoms with Crippen molar-refractivity contribution in [3.05, 3.63) is 59.0 Å². The predicted octanol–water partition coefficient (Wildman–Crippen LogP) is 5.73. The number of aromatic nitrogens is 2. The van der Waals surface area contributed by atoms with Gasteiger partial charge in [0.05, 0.1) is 41.4 Å². The molecule has 1 N–H and O–H groups in total. The van der Waals surface area contributed by atoms with Crippen LogP contribution in [0.4, 0.5) is 0 Å². The minimum atomic E-state index is -0.983. The molecule has 37 heavy (non-hydrogen) atoms. The van der Waals surface area contributed by atoms with Gasteiger partial charge in [0.1, 0.15) is 17.3 Å². The Morgan fingerprint density at radius 1 is 1.22 bits per heavy atom. The van der Waals surface area contributed by atoms with Gasteiger partial charge in [-0.1, -0.05) is 35.8 Å². The van der Waals surface area contributed by atoms with E-state index in [1.165, 1.54) is 6.08 Å². The number of methoxy groups -OCH3 is 2. The van der Waals surface area contributed by atoms with Crippen LogP contribution in [0.15, 0.2) is 43.1 Å². The monoisotopic (exact) mass is 543 g/mol. The second-order valence-corrected chi connectivity index (χ2v) is 10.6. The molecule has 0 bridgehead atoms. The minimum Gasteiger partial charge on any atom is -0.495 e. The highest BCUT2D eigenvalue weighted by Gasteiger charge is 2.42. The van der Waals surface area contributed by atoms with E-state index >= 15 is 0 Å². The van der Waals surface area contributed by atoms with Crippen LogP contribution >= 0.6 is 23.2 Å². The molecule has 9 heteroatoms. The first-order valence-electron chi connectivity index (χ1n) is 12.1. The first-order valence-corrected chi connectivity index (χ1v) is 12.8. The van der Waals surface area contributed by atoms with Crippen LogP contribution in [0.25, 0.3) is 22.0 Å². The summed E-state index contributed by atoms with van der Waals surface area (Å²) in [6, 6.07) is 7.18.